The number of esters is 1. The van der Waals surface area contributed by atoms with Crippen LogP contribution in [0.15, 0.2) is 36.9 Å². The molecule has 3 N–H and O–H groups in total. The van der Waals surface area contributed by atoms with Gasteiger partial charge in [-0.25, -0.2) is 19.2 Å². The average Bonchev–Trinajstić information content (AvgIpc) is 2.59. The molecule has 0 atom stereocenters. The number of carbonyl (C=O) groups excluding carboxylic acids is 1. The van der Waals surface area contributed by atoms with Crippen LogP contribution in [0.25, 0.3) is 10.8 Å². The molecule has 134 valence electrons. The van der Waals surface area contributed by atoms with E-state index < -0.39 is 35.0 Å². The minimum absolute atomic E-state index is 0.0642. The Morgan fingerprint density at radius 2 is 1.69 bits per heavy atom. The second-order valence-corrected chi connectivity index (χ2v) is 5.25. The molecule has 0 heterocycles. The van der Waals surface area contributed by atoms with Gasteiger partial charge in [-0.15, -0.1) is 0 Å². The Hall–Kier alpha value is -3.68. The Balaban J connectivity index is 2.69. The van der Waals surface area contributed by atoms with Crippen LogP contribution in [0, 0.1) is 0 Å². The lowest BCUT2D eigenvalue weighted by Gasteiger charge is -2.14. The average molecular weight is 358 g/mol. The van der Waals surface area contributed by atoms with Gasteiger partial charge in [0.2, 0.25) is 0 Å². The van der Waals surface area contributed by atoms with Crippen LogP contribution in [-0.2, 0) is 16.0 Å². The number of fused-ring (bicyclic) bond motifs is 1. The number of carboxylic acid groups (broad SMARTS) is 3. The summed E-state index contributed by atoms with van der Waals surface area (Å²) in [5.41, 5.74) is -0.831. The van der Waals surface area contributed by atoms with Gasteiger partial charge in [0.25, 0.3) is 0 Å². The molecule has 8 nitrogen and oxygen atoms in total. The maximum absolute atomic E-state index is 11.6. The third kappa shape index (κ3) is 3.69. The summed E-state index contributed by atoms with van der Waals surface area (Å²) in [5.74, 6) is -4.81. The smallest absolute Gasteiger partial charge is 0.336 e. The van der Waals surface area contributed by atoms with Crippen molar-refractivity contribution >= 4 is 34.6 Å². The van der Waals surface area contributed by atoms with E-state index in [1.807, 2.05) is 0 Å². The minimum Gasteiger partial charge on any atom is -0.478 e. The Morgan fingerprint density at radius 3 is 2.23 bits per heavy atom. The van der Waals surface area contributed by atoms with Crippen LogP contribution < -0.4 is 0 Å². The van der Waals surface area contributed by atoms with Gasteiger partial charge in [-0.1, -0.05) is 12.6 Å². The largest absolute Gasteiger partial charge is 0.478 e. The predicted molar refractivity (Wildman–Crippen MR) is 89.7 cm³/mol. The first-order chi connectivity index (χ1) is 12.3. The number of rotatable bonds is 7. The lowest BCUT2D eigenvalue weighted by atomic mass is 9.91. The Morgan fingerprint density at radius 1 is 1.00 bits per heavy atom. The summed E-state index contributed by atoms with van der Waals surface area (Å²) in [6.45, 7) is 3.05. The van der Waals surface area contributed by atoms with Gasteiger partial charge in [-0.05, 0) is 34.5 Å². The summed E-state index contributed by atoms with van der Waals surface area (Å²) < 4.78 is 4.85. The zero-order valence-electron chi connectivity index (χ0n) is 13.4. The van der Waals surface area contributed by atoms with Crippen LogP contribution in [-0.4, -0.2) is 45.8 Å². The number of carbonyl (C=O) groups is 4. The number of carboxylic acids is 3. The number of benzene rings is 2. The van der Waals surface area contributed by atoms with E-state index in [2.05, 4.69) is 6.58 Å². The normalized spacial score (nSPS) is 10.3. The Kier molecular flexibility index (Phi) is 5.36. The maximum Gasteiger partial charge on any atom is 0.336 e. The Bertz CT molecular complexity index is 942. The highest BCUT2D eigenvalue weighted by Gasteiger charge is 2.23. The highest BCUT2D eigenvalue weighted by atomic mass is 16.5. The molecule has 2 aromatic carbocycles. The van der Waals surface area contributed by atoms with Crippen LogP contribution in [0.3, 0.4) is 0 Å². The molecule has 0 bridgehead atoms. The molecular formula is C18H14O8. The molecule has 0 unspecified atom stereocenters. The van der Waals surface area contributed by atoms with Crippen LogP contribution in [0.2, 0.25) is 0 Å². The third-order valence-corrected chi connectivity index (χ3v) is 3.70. The van der Waals surface area contributed by atoms with E-state index in [4.69, 9.17) is 9.84 Å². The first-order valence-corrected chi connectivity index (χ1v) is 7.35. The van der Waals surface area contributed by atoms with Crippen LogP contribution in [0.5, 0.6) is 0 Å². The van der Waals surface area contributed by atoms with E-state index in [-0.39, 0.29) is 29.5 Å². The van der Waals surface area contributed by atoms with E-state index in [1.54, 1.807) is 0 Å². The van der Waals surface area contributed by atoms with Crippen molar-refractivity contribution < 1.29 is 39.2 Å². The van der Waals surface area contributed by atoms with E-state index in [9.17, 15) is 29.4 Å². The summed E-state index contributed by atoms with van der Waals surface area (Å²) in [6, 6.07) is 5.07. The van der Waals surface area contributed by atoms with E-state index in [1.165, 1.54) is 18.2 Å². The molecule has 26 heavy (non-hydrogen) atoms. The molecule has 8 heteroatoms. The first kappa shape index (κ1) is 18.7. The number of ether oxygens (including phenoxy) is 1. The quantitative estimate of drug-likeness (QED) is 0.506. The van der Waals surface area contributed by atoms with Crippen molar-refractivity contribution in [3.05, 3.63) is 59.2 Å². The van der Waals surface area contributed by atoms with E-state index in [0.29, 0.717) is 5.39 Å². The van der Waals surface area contributed by atoms with Crippen molar-refractivity contribution in [2.75, 3.05) is 6.61 Å². The molecule has 0 amide bonds. The van der Waals surface area contributed by atoms with Gasteiger partial charge in [0.1, 0.15) is 0 Å². The summed E-state index contributed by atoms with van der Waals surface area (Å²) >= 11 is 0. The molecule has 0 aliphatic carbocycles. The fraction of sp³-hybridized carbons (Fsp3) is 0.111. The standard InChI is InChI=1S/C18H14O8/c1-2-14(19)26-6-5-12-11-4-3-9(16(20)21)7-10(11)8-13(17(22)23)15(12)18(24)25/h2-4,7-8H,1,5-6H2,(H,20,21)(H,22,23)(H,24,25). The highest BCUT2D eigenvalue weighted by molar-refractivity contribution is 6.09. The molecule has 2 aromatic rings. The molecule has 0 radical (unpaired) electrons. The van der Waals surface area contributed by atoms with Crippen LogP contribution >= 0.6 is 0 Å². The fourth-order valence-corrected chi connectivity index (χ4v) is 2.60. The zero-order valence-corrected chi connectivity index (χ0v) is 13.4. The second kappa shape index (κ2) is 7.47. The predicted octanol–water partition coefficient (Wildman–Crippen LogP) is 2.21. The minimum atomic E-state index is -1.46. The maximum atomic E-state index is 11.6. The van der Waals surface area contributed by atoms with Gasteiger partial charge < -0.3 is 20.1 Å². The van der Waals surface area contributed by atoms with Gasteiger partial charge >= 0.3 is 23.9 Å². The lowest BCUT2D eigenvalue weighted by molar-refractivity contribution is -0.137. The number of hydrogen-bond donors (Lipinski definition) is 3. The third-order valence-electron chi connectivity index (χ3n) is 3.70. The van der Waals surface area contributed by atoms with Gasteiger partial charge in [0, 0.05) is 12.5 Å². The van der Waals surface area contributed by atoms with Crippen LogP contribution in [0.1, 0.15) is 36.6 Å². The van der Waals surface area contributed by atoms with Crippen molar-refractivity contribution in [1.29, 1.82) is 0 Å². The second-order valence-electron chi connectivity index (χ2n) is 5.25. The van der Waals surface area contributed by atoms with Gasteiger partial charge in [0.15, 0.2) is 0 Å². The summed E-state index contributed by atoms with van der Waals surface area (Å²) in [4.78, 5) is 45.4. The molecule has 0 saturated heterocycles. The zero-order chi connectivity index (χ0) is 19.4. The molecular weight excluding hydrogens is 344 g/mol. The van der Waals surface area contributed by atoms with E-state index >= 15 is 0 Å². The first-order valence-electron chi connectivity index (χ1n) is 7.35. The molecule has 2 rings (SSSR count). The van der Waals surface area contributed by atoms with Crippen molar-refractivity contribution in [2.24, 2.45) is 0 Å². The summed E-state index contributed by atoms with van der Waals surface area (Å²) in [6.07, 6.45) is 0.883. The monoisotopic (exact) mass is 358 g/mol. The number of hydrogen-bond acceptors (Lipinski definition) is 5. The van der Waals surface area contributed by atoms with Gasteiger partial charge in [-0.2, -0.15) is 0 Å². The van der Waals surface area contributed by atoms with Crippen molar-refractivity contribution in [3.63, 3.8) is 0 Å². The van der Waals surface area contributed by atoms with Crippen molar-refractivity contribution in [2.45, 2.75) is 6.42 Å². The summed E-state index contributed by atoms with van der Waals surface area (Å²) in [5, 5.41) is 28.5. The molecule has 0 aliphatic rings. The SMILES string of the molecule is C=CC(=O)OCCc1c(C(=O)O)c(C(=O)O)cc2cc(C(=O)O)ccc12. The van der Waals surface area contributed by atoms with Crippen LogP contribution in [0.4, 0.5) is 0 Å². The highest BCUT2D eigenvalue weighted by Crippen LogP contribution is 2.28. The van der Waals surface area contributed by atoms with Gasteiger partial charge in [-0.3, -0.25) is 0 Å². The van der Waals surface area contributed by atoms with Crippen molar-refractivity contribution in [3.8, 4) is 0 Å². The number of aromatic carboxylic acids is 3. The Labute approximate surface area is 146 Å². The molecule has 0 aromatic heterocycles. The molecule has 0 fully saturated rings. The fourth-order valence-electron chi connectivity index (χ4n) is 2.60. The van der Waals surface area contributed by atoms with Crippen molar-refractivity contribution in [1.82, 2.24) is 0 Å². The molecule has 0 aliphatic heterocycles. The topological polar surface area (TPSA) is 138 Å². The molecule has 0 saturated carbocycles. The van der Waals surface area contributed by atoms with E-state index in [0.717, 1.165) is 12.1 Å². The summed E-state index contributed by atoms with van der Waals surface area (Å²) in [7, 11) is 0. The molecule has 0 spiro atoms. The van der Waals surface area contributed by atoms with Gasteiger partial charge in [0.05, 0.1) is 23.3 Å². The lowest BCUT2D eigenvalue weighted by Crippen LogP contribution is -2.14.